The Balaban J connectivity index is 2.71. The van der Waals surface area contributed by atoms with E-state index in [1.807, 2.05) is 25.3 Å². The van der Waals surface area contributed by atoms with Crippen LogP contribution in [0.15, 0.2) is 30.6 Å². The fourth-order valence-corrected chi connectivity index (χ4v) is 1.97. The number of aryl methyl sites for hydroxylation is 2. The fraction of sp³-hybridized carbons (Fsp3) is 0.214. The summed E-state index contributed by atoms with van der Waals surface area (Å²) in [5.41, 5.74) is 10.9. The van der Waals surface area contributed by atoms with Crippen molar-refractivity contribution in [1.29, 1.82) is 0 Å². The highest BCUT2D eigenvalue weighted by Crippen LogP contribution is 2.36. The second-order valence-electron chi connectivity index (χ2n) is 4.12. The van der Waals surface area contributed by atoms with Crippen LogP contribution in [0.1, 0.15) is 11.1 Å². The number of aromatic nitrogens is 1. The number of ether oxygens (including phenoxy) is 1. The number of nitrogen functional groups attached to an aromatic ring is 1. The van der Waals surface area contributed by atoms with Crippen molar-refractivity contribution in [2.45, 2.75) is 13.8 Å². The Hall–Kier alpha value is -2.03. The second kappa shape index (κ2) is 4.45. The first kappa shape index (κ1) is 11.5. The van der Waals surface area contributed by atoms with Crippen LogP contribution < -0.4 is 10.5 Å². The van der Waals surface area contributed by atoms with Gasteiger partial charge >= 0.3 is 0 Å². The van der Waals surface area contributed by atoms with Crippen LogP contribution in [0.5, 0.6) is 5.75 Å². The van der Waals surface area contributed by atoms with Crippen LogP contribution in [0.4, 0.5) is 5.69 Å². The molecular weight excluding hydrogens is 212 g/mol. The van der Waals surface area contributed by atoms with Gasteiger partial charge in [0.05, 0.1) is 19.0 Å². The highest BCUT2D eigenvalue weighted by atomic mass is 16.5. The van der Waals surface area contributed by atoms with E-state index < -0.39 is 0 Å². The molecule has 1 aromatic carbocycles. The molecule has 0 saturated carbocycles. The number of nitrogens with zero attached hydrogens (tertiary/aromatic N) is 1. The number of methoxy groups -OCH3 is 1. The third-order valence-corrected chi connectivity index (χ3v) is 2.79. The fourth-order valence-electron chi connectivity index (χ4n) is 1.97. The molecule has 0 atom stereocenters. The van der Waals surface area contributed by atoms with Gasteiger partial charge in [0.1, 0.15) is 5.75 Å². The quantitative estimate of drug-likeness (QED) is 0.859. The molecule has 0 saturated heterocycles. The van der Waals surface area contributed by atoms with E-state index in [-0.39, 0.29) is 0 Å². The SMILES string of the molecule is COc1ccc(C)cc1-c1c(C)cncc1N. The molecule has 0 amide bonds. The van der Waals surface area contributed by atoms with Gasteiger partial charge in [-0.25, -0.2) is 0 Å². The Morgan fingerprint density at radius 3 is 2.59 bits per heavy atom. The van der Waals surface area contributed by atoms with Crippen LogP contribution in [0.2, 0.25) is 0 Å². The lowest BCUT2D eigenvalue weighted by Gasteiger charge is -2.13. The largest absolute Gasteiger partial charge is 0.496 e. The maximum Gasteiger partial charge on any atom is 0.126 e. The Kier molecular flexibility index (Phi) is 3.00. The molecular formula is C14H16N2O. The molecule has 0 aliphatic carbocycles. The van der Waals surface area contributed by atoms with Crippen LogP contribution in [-0.2, 0) is 0 Å². The average molecular weight is 228 g/mol. The van der Waals surface area contributed by atoms with Crippen molar-refractivity contribution in [3.05, 3.63) is 41.7 Å². The predicted molar refractivity (Wildman–Crippen MR) is 70.1 cm³/mol. The van der Waals surface area contributed by atoms with Gasteiger partial charge in [-0.05, 0) is 31.5 Å². The van der Waals surface area contributed by atoms with E-state index in [1.54, 1.807) is 13.3 Å². The minimum atomic E-state index is 0.675. The van der Waals surface area contributed by atoms with Gasteiger partial charge in [0.25, 0.3) is 0 Å². The molecule has 88 valence electrons. The normalized spacial score (nSPS) is 10.3. The maximum absolute atomic E-state index is 6.01. The average Bonchev–Trinajstić information content (AvgIpc) is 2.29. The lowest BCUT2D eigenvalue weighted by molar-refractivity contribution is 0.416. The lowest BCUT2D eigenvalue weighted by Crippen LogP contribution is -1.97. The first-order chi connectivity index (χ1) is 8.13. The summed E-state index contributed by atoms with van der Waals surface area (Å²) in [5.74, 6) is 0.830. The number of nitrogens with two attached hydrogens (primary N) is 1. The molecule has 2 N–H and O–H groups in total. The maximum atomic E-state index is 6.01. The smallest absolute Gasteiger partial charge is 0.126 e. The summed E-state index contributed by atoms with van der Waals surface area (Å²) in [6, 6.07) is 6.07. The molecule has 1 aromatic heterocycles. The van der Waals surface area contributed by atoms with E-state index in [0.717, 1.165) is 22.4 Å². The summed E-state index contributed by atoms with van der Waals surface area (Å²) in [6.07, 6.45) is 3.48. The second-order valence-corrected chi connectivity index (χ2v) is 4.12. The molecule has 0 aliphatic rings. The van der Waals surface area contributed by atoms with E-state index in [4.69, 9.17) is 10.5 Å². The molecule has 17 heavy (non-hydrogen) atoms. The summed E-state index contributed by atoms with van der Waals surface area (Å²) >= 11 is 0. The molecule has 0 bridgehead atoms. The molecule has 0 spiro atoms. The van der Waals surface area contributed by atoms with Gasteiger partial charge in [0.2, 0.25) is 0 Å². The number of hydrogen-bond donors (Lipinski definition) is 1. The Morgan fingerprint density at radius 2 is 1.94 bits per heavy atom. The number of benzene rings is 1. The highest BCUT2D eigenvalue weighted by molar-refractivity contribution is 5.82. The van der Waals surface area contributed by atoms with Gasteiger partial charge in [-0.1, -0.05) is 11.6 Å². The van der Waals surface area contributed by atoms with Crippen LogP contribution in [-0.4, -0.2) is 12.1 Å². The summed E-state index contributed by atoms with van der Waals surface area (Å²) in [4.78, 5) is 4.08. The first-order valence-corrected chi connectivity index (χ1v) is 5.48. The van der Waals surface area contributed by atoms with Crippen molar-refractivity contribution in [3.63, 3.8) is 0 Å². The van der Waals surface area contributed by atoms with Crippen molar-refractivity contribution in [3.8, 4) is 16.9 Å². The number of pyridine rings is 1. The molecule has 0 fully saturated rings. The van der Waals surface area contributed by atoms with Gasteiger partial charge in [0.15, 0.2) is 0 Å². The molecule has 2 rings (SSSR count). The standard InChI is InChI=1S/C14H16N2O/c1-9-4-5-13(17-3)11(6-9)14-10(2)7-16-8-12(14)15/h4-8H,15H2,1-3H3. The van der Waals surface area contributed by atoms with Crippen LogP contribution in [0.25, 0.3) is 11.1 Å². The van der Waals surface area contributed by atoms with E-state index >= 15 is 0 Å². The van der Waals surface area contributed by atoms with E-state index in [9.17, 15) is 0 Å². The Bertz CT molecular complexity index is 530. The zero-order valence-electron chi connectivity index (χ0n) is 10.3. The van der Waals surface area contributed by atoms with Gasteiger partial charge < -0.3 is 10.5 Å². The third kappa shape index (κ3) is 2.09. The molecule has 0 radical (unpaired) electrons. The summed E-state index contributed by atoms with van der Waals surface area (Å²) in [6.45, 7) is 4.05. The molecule has 3 nitrogen and oxygen atoms in total. The summed E-state index contributed by atoms with van der Waals surface area (Å²) in [7, 11) is 1.67. The number of rotatable bonds is 2. The van der Waals surface area contributed by atoms with Crippen LogP contribution >= 0.6 is 0 Å². The van der Waals surface area contributed by atoms with E-state index in [1.165, 1.54) is 5.56 Å². The minimum absolute atomic E-state index is 0.675. The van der Waals surface area contributed by atoms with Crippen molar-refractivity contribution in [2.24, 2.45) is 0 Å². The zero-order valence-corrected chi connectivity index (χ0v) is 10.3. The predicted octanol–water partition coefficient (Wildman–Crippen LogP) is 2.96. The Morgan fingerprint density at radius 1 is 1.18 bits per heavy atom. The van der Waals surface area contributed by atoms with Crippen LogP contribution in [0.3, 0.4) is 0 Å². The Labute approximate surface area is 101 Å². The number of anilines is 1. The van der Waals surface area contributed by atoms with Gasteiger partial charge in [-0.2, -0.15) is 0 Å². The van der Waals surface area contributed by atoms with Crippen molar-refractivity contribution >= 4 is 5.69 Å². The van der Waals surface area contributed by atoms with Crippen molar-refractivity contribution < 1.29 is 4.74 Å². The number of hydrogen-bond acceptors (Lipinski definition) is 3. The molecule has 0 unspecified atom stereocenters. The van der Waals surface area contributed by atoms with Gasteiger partial charge in [0, 0.05) is 17.3 Å². The highest BCUT2D eigenvalue weighted by Gasteiger charge is 2.11. The minimum Gasteiger partial charge on any atom is -0.496 e. The first-order valence-electron chi connectivity index (χ1n) is 5.48. The van der Waals surface area contributed by atoms with Gasteiger partial charge in [-0.15, -0.1) is 0 Å². The summed E-state index contributed by atoms with van der Waals surface area (Å²) < 4.78 is 5.39. The lowest BCUT2D eigenvalue weighted by atomic mass is 9.98. The molecule has 1 heterocycles. The zero-order chi connectivity index (χ0) is 12.4. The third-order valence-electron chi connectivity index (χ3n) is 2.79. The van der Waals surface area contributed by atoms with Gasteiger partial charge in [-0.3, -0.25) is 4.98 Å². The molecule has 2 aromatic rings. The monoisotopic (exact) mass is 228 g/mol. The van der Waals surface area contributed by atoms with E-state index in [2.05, 4.69) is 18.0 Å². The molecule has 0 aliphatic heterocycles. The van der Waals surface area contributed by atoms with Crippen LogP contribution in [0, 0.1) is 13.8 Å². The van der Waals surface area contributed by atoms with Crippen molar-refractivity contribution in [1.82, 2.24) is 4.98 Å². The molecule has 3 heteroatoms. The van der Waals surface area contributed by atoms with E-state index in [0.29, 0.717) is 5.69 Å². The summed E-state index contributed by atoms with van der Waals surface area (Å²) in [5, 5.41) is 0. The topological polar surface area (TPSA) is 48.1 Å². The van der Waals surface area contributed by atoms with Crippen molar-refractivity contribution in [2.75, 3.05) is 12.8 Å².